The van der Waals surface area contributed by atoms with E-state index in [-0.39, 0.29) is 6.61 Å². The van der Waals surface area contributed by atoms with E-state index in [0.29, 0.717) is 33.3 Å². The highest BCUT2D eigenvalue weighted by atomic mass is 35.5. The van der Waals surface area contributed by atoms with Crippen molar-refractivity contribution in [2.75, 3.05) is 0 Å². The van der Waals surface area contributed by atoms with Gasteiger partial charge < -0.3 is 13.7 Å². The van der Waals surface area contributed by atoms with Crippen molar-refractivity contribution in [3.8, 4) is 17.4 Å². The van der Waals surface area contributed by atoms with Gasteiger partial charge in [0.2, 0.25) is 5.82 Å². The van der Waals surface area contributed by atoms with Gasteiger partial charge in [0.15, 0.2) is 12.4 Å². The lowest BCUT2D eigenvalue weighted by molar-refractivity contribution is 0.287. The van der Waals surface area contributed by atoms with Crippen molar-refractivity contribution in [1.82, 2.24) is 10.1 Å². The fourth-order valence-corrected chi connectivity index (χ4v) is 1.90. The molecule has 0 spiro atoms. The van der Waals surface area contributed by atoms with Crippen molar-refractivity contribution in [3.63, 3.8) is 0 Å². The van der Waals surface area contributed by atoms with Crippen LogP contribution in [0.3, 0.4) is 0 Å². The summed E-state index contributed by atoms with van der Waals surface area (Å²) in [4.78, 5) is 4.15. The SMILES string of the molecule is Clc1cccc(OCc2noc(-c3ccco3)n2)c1Cl. The van der Waals surface area contributed by atoms with Gasteiger partial charge in [-0.05, 0) is 24.3 Å². The van der Waals surface area contributed by atoms with Gasteiger partial charge in [-0.1, -0.05) is 34.4 Å². The van der Waals surface area contributed by atoms with Gasteiger partial charge in [-0.15, -0.1) is 0 Å². The lowest BCUT2D eigenvalue weighted by Gasteiger charge is -2.06. The van der Waals surface area contributed by atoms with Crippen molar-refractivity contribution in [2.45, 2.75) is 6.61 Å². The first-order valence-electron chi connectivity index (χ1n) is 5.67. The number of halogens is 2. The van der Waals surface area contributed by atoms with Gasteiger partial charge >= 0.3 is 0 Å². The molecule has 0 fully saturated rings. The van der Waals surface area contributed by atoms with Crippen LogP contribution >= 0.6 is 23.2 Å². The Labute approximate surface area is 124 Å². The molecule has 3 aromatic rings. The van der Waals surface area contributed by atoms with Crippen molar-refractivity contribution in [2.24, 2.45) is 0 Å². The van der Waals surface area contributed by atoms with Crippen LogP contribution < -0.4 is 4.74 Å². The van der Waals surface area contributed by atoms with Crippen LogP contribution in [0.4, 0.5) is 0 Å². The quantitative estimate of drug-likeness (QED) is 0.722. The number of benzene rings is 1. The second-order valence-corrected chi connectivity index (χ2v) is 4.62. The summed E-state index contributed by atoms with van der Waals surface area (Å²) in [5.41, 5.74) is 0. The molecule has 1 aromatic carbocycles. The standard InChI is InChI=1S/C13H8Cl2N2O3/c14-8-3-1-4-9(12(8)15)19-7-11-16-13(20-17-11)10-5-2-6-18-10/h1-6H,7H2. The number of hydrogen-bond donors (Lipinski definition) is 0. The van der Waals surface area contributed by atoms with Crippen LogP contribution in [0.2, 0.25) is 10.0 Å². The third-order valence-corrected chi connectivity index (χ3v) is 3.27. The zero-order chi connectivity index (χ0) is 13.9. The summed E-state index contributed by atoms with van der Waals surface area (Å²) in [6, 6.07) is 8.60. The number of hydrogen-bond acceptors (Lipinski definition) is 5. The lowest BCUT2D eigenvalue weighted by Crippen LogP contribution is -1.98. The predicted molar refractivity (Wildman–Crippen MR) is 72.8 cm³/mol. The molecule has 20 heavy (non-hydrogen) atoms. The molecule has 0 saturated heterocycles. The third kappa shape index (κ3) is 2.64. The zero-order valence-electron chi connectivity index (χ0n) is 10.0. The molecule has 3 rings (SSSR count). The molecule has 0 atom stereocenters. The molecule has 0 amide bonds. The van der Waals surface area contributed by atoms with E-state index in [1.807, 2.05) is 0 Å². The van der Waals surface area contributed by atoms with Gasteiger partial charge in [0, 0.05) is 0 Å². The molecule has 0 bridgehead atoms. The zero-order valence-corrected chi connectivity index (χ0v) is 11.6. The number of rotatable bonds is 4. The summed E-state index contributed by atoms with van der Waals surface area (Å²) in [5, 5.41) is 4.57. The van der Waals surface area contributed by atoms with E-state index in [9.17, 15) is 0 Å². The molecule has 5 nitrogen and oxygen atoms in total. The number of ether oxygens (including phenoxy) is 1. The third-order valence-electron chi connectivity index (χ3n) is 2.47. The molecule has 0 N–H and O–H groups in total. The van der Waals surface area contributed by atoms with E-state index in [1.165, 1.54) is 6.26 Å². The molecule has 0 aliphatic rings. The topological polar surface area (TPSA) is 61.3 Å². The Balaban J connectivity index is 1.71. The molecule has 0 unspecified atom stereocenters. The normalized spacial score (nSPS) is 10.7. The second kappa shape index (κ2) is 5.56. The first-order valence-corrected chi connectivity index (χ1v) is 6.43. The van der Waals surface area contributed by atoms with E-state index >= 15 is 0 Å². The highest BCUT2D eigenvalue weighted by molar-refractivity contribution is 6.42. The van der Waals surface area contributed by atoms with Crippen molar-refractivity contribution < 1.29 is 13.7 Å². The Morgan fingerprint density at radius 1 is 1.15 bits per heavy atom. The van der Waals surface area contributed by atoms with Crippen LogP contribution in [-0.4, -0.2) is 10.1 Å². The molecule has 0 aliphatic heterocycles. The highest BCUT2D eigenvalue weighted by Crippen LogP contribution is 2.31. The maximum absolute atomic E-state index is 6.01. The Morgan fingerprint density at radius 2 is 2.05 bits per heavy atom. The first-order chi connectivity index (χ1) is 9.74. The van der Waals surface area contributed by atoms with E-state index in [1.54, 1.807) is 30.3 Å². The molecular formula is C13H8Cl2N2O3. The van der Waals surface area contributed by atoms with E-state index < -0.39 is 0 Å². The van der Waals surface area contributed by atoms with Crippen LogP contribution in [0.15, 0.2) is 45.5 Å². The average molecular weight is 311 g/mol. The Hall–Kier alpha value is -1.98. The number of nitrogens with zero attached hydrogens (tertiary/aromatic N) is 2. The van der Waals surface area contributed by atoms with Crippen LogP contribution in [0.1, 0.15) is 5.82 Å². The van der Waals surface area contributed by atoms with Crippen LogP contribution in [-0.2, 0) is 6.61 Å². The smallest absolute Gasteiger partial charge is 0.293 e. The van der Waals surface area contributed by atoms with Crippen LogP contribution in [0.5, 0.6) is 5.75 Å². The van der Waals surface area contributed by atoms with Gasteiger partial charge in [-0.2, -0.15) is 4.98 Å². The average Bonchev–Trinajstić information content (AvgIpc) is 3.10. The predicted octanol–water partition coefficient (Wildman–Crippen LogP) is 4.22. The lowest BCUT2D eigenvalue weighted by atomic mass is 10.3. The molecule has 2 heterocycles. The summed E-state index contributed by atoms with van der Waals surface area (Å²) in [6.07, 6.45) is 1.53. The fraction of sp³-hybridized carbons (Fsp3) is 0.0769. The summed E-state index contributed by atoms with van der Waals surface area (Å²) < 4.78 is 15.7. The molecule has 0 saturated carbocycles. The molecule has 102 valence electrons. The van der Waals surface area contributed by atoms with Gasteiger partial charge in [0.25, 0.3) is 5.89 Å². The molecule has 0 radical (unpaired) electrons. The largest absolute Gasteiger partial charge is 0.484 e. The maximum Gasteiger partial charge on any atom is 0.293 e. The highest BCUT2D eigenvalue weighted by Gasteiger charge is 2.12. The Bertz CT molecular complexity index is 710. The summed E-state index contributed by atoms with van der Waals surface area (Å²) in [5.74, 6) is 1.64. The fourth-order valence-electron chi connectivity index (χ4n) is 1.55. The van der Waals surface area contributed by atoms with Crippen LogP contribution in [0.25, 0.3) is 11.7 Å². The van der Waals surface area contributed by atoms with E-state index in [0.717, 1.165) is 0 Å². The summed E-state index contributed by atoms with van der Waals surface area (Å²) in [7, 11) is 0. The maximum atomic E-state index is 6.01. The first kappa shape index (κ1) is 13.0. The van der Waals surface area contributed by atoms with Gasteiger partial charge in [-0.3, -0.25) is 0 Å². The number of furan rings is 1. The van der Waals surface area contributed by atoms with Gasteiger partial charge in [-0.25, -0.2) is 0 Å². The molecular weight excluding hydrogens is 303 g/mol. The van der Waals surface area contributed by atoms with Gasteiger partial charge in [0.05, 0.1) is 11.3 Å². The van der Waals surface area contributed by atoms with Crippen molar-refractivity contribution >= 4 is 23.2 Å². The van der Waals surface area contributed by atoms with Gasteiger partial charge in [0.1, 0.15) is 10.8 Å². The van der Waals surface area contributed by atoms with Crippen molar-refractivity contribution in [1.29, 1.82) is 0 Å². The second-order valence-electron chi connectivity index (χ2n) is 3.83. The minimum atomic E-state index is 0.115. The summed E-state index contributed by atoms with van der Waals surface area (Å²) in [6.45, 7) is 0.115. The Kier molecular flexibility index (Phi) is 3.62. The minimum Gasteiger partial charge on any atom is -0.484 e. The number of aromatic nitrogens is 2. The minimum absolute atomic E-state index is 0.115. The molecule has 0 aliphatic carbocycles. The monoisotopic (exact) mass is 310 g/mol. The molecule has 2 aromatic heterocycles. The van der Waals surface area contributed by atoms with E-state index in [2.05, 4.69) is 10.1 Å². The van der Waals surface area contributed by atoms with E-state index in [4.69, 9.17) is 36.9 Å². The van der Waals surface area contributed by atoms with Crippen molar-refractivity contribution in [3.05, 3.63) is 52.5 Å². The Morgan fingerprint density at radius 3 is 2.85 bits per heavy atom. The summed E-state index contributed by atoms with van der Waals surface area (Å²) >= 11 is 11.9. The molecule has 7 heteroatoms. The van der Waals surface area contributed by atoms with Crippen LogP contribution in [0, 0.1) is 0 Å².